The normalized spacial score (nSPS) is 9.00. The predicted octanol–water partition coefficient (Wildman–Crippen LogP) is 1.86. The molecule has 0 atom stereocenters. The highest BCUT2D eigenvalue weighted by molar-refractivity contribution is 5.73. The molecule has 1 heterocycles. The summed E-state index contributed by atoms with van der Waals surface area (Å²) in [5.41, 5.74) is 3.03. The average molecular weight is 191 g/mol. The number of oxazole rings is 1. The third kappa shape index (κ3) is 2.28. The van der Waals surface area contributed by atoms with Gasteiger partial charge in [-0.05, 0) is 24.6 Å². The van der Waals surface area contributed by atoms with Gasteiger partial charge in [-0.25, -0.2) is 4.98 Å². The lowest BCUT2D eigenvalue weighted by Crippen LogP contribution is -1.71. The summed E-state index contributed by atoms with van der Waals surface area (Å²) < 4.78 is 5.31. The van der Waals surface area contributed by atoms with E-state index in [1.165, 1.54) is 5.56 Å². The maximum atomic E-state index is 8.12. The fourth-order valence-electron chi connectivity index (χ4n) is 1.15. The van der Waals surface area contributed by atoms with Crippen LogP contribution in [0.3, 0.4) is 0 Å². The lowest BCUT2D eigenvalue weighted by molar-refractivity contribution is -0.191. The van der Waals surface area contributed by atoms with Gasteiger partial charge in [-0.1, -0.05) is 6.07 Å². The van der Waals surface area contributed by atoms with E-state index in [9.17, 15) is 0 Å². The molecule has 0 saturated heterocycles. The first-order valence-electron chi connectivity index (χ1n) is 4.00. The molecule has 0 N–H and O–H groups in total. The number of benzene rings is 1. The molecule has 0 radical (unpaired) electrons. The molecule has 0 aliphatic heterocycles. The van der Waals surface area contributed by atoms with Gasteiger partial charge >= 0.3 is 6.15 Å². The number of hydrogen-bond acceptors (Lipinski definition) is 4. The largest absolute Gasteiger partial charge is 0.441 e. The van der Waals surface area contributed by atoms with Crippen LogP contribution in [0.5, 0.6) is 0 Å². The van der Waals surface area contributed by atoms with Crippen LogP contribution >= 0.6 is 0 Å². The Kier molecular flexibility index (Phi) is 3.15. The van der Waals surface area contributed by atoms with E-state index < -0.39 is 0 Å². The molecule has 0 bridgehead atoms. The maximum Gasteiger partial charge on any atom is 0.373 e. The Hall–Kier alpha value is -1.93. The molecule has 72 valence electrons. The molecule has 4 nitrogen and oxygen atoms in total. The molecule has 0 fully saturated rings. The van der Waals surface area contributed by atoms with Crippen LogP contribution in [0.1, 0.15) is 11.5 Å². The monoisotopic (exact) mass is 191 g/mol. The molecule has 0 saturated carbocycles. The van der Waals surface area contributed by atoms with Crippen molar-refractivity contribution in [1.82, 2.24) is 4.98 Å². The summed E-state index contributed by atoms with van der Waals surface area (Å²) in [7, 11) is 0. The van der Waals surface area contributed by atoms with Gasteiger partial charge in [-0.2, -0.15) is 9.59 Å². The molecule has 0 aliphatic rings. The van der Waals surface area contributed by atoms with Gasteiger partial charge in [0, 0.05) is 6.92 Å². The van der Waals surface area contributed by atoms with Crippen molar-refractivity contribution in [1.29, 1.82) is 0 Å². The zero-order chi connectivity index (χ0) is 10.6. The summed E-state index contributed by atoms with van der Waals surface area (Å²) in [5.74, 6) is 0.727. The maximum absolute atomic E-state index is 8.12. The Labute approximate surface area is 80.6 Å². The number of fused-ring (bicyclic) bond motifs is 1. The molecule has 2 rings (SSSR count). The molecule has 1 aromatic heterocycles. The SMILES string of the molecule is Cc1ccc2oc(C)nc2c1.O=C=O. The smallest absolute Gasteiger partial charge is 0.373 e. The van der Waals surface area contributed by atoms with Crippen LogP contribution in [0.25, 0.3) is 11.1 Å². The topological polar surface area (TPSA) is 60.2 Å². The minimum atomic E-state index is 0.250. The second kappa shape index (κ2) is 4.35. The van der Waals surface area contributed by atoms with Gasteiger partial charge in [0.1, 0.15) is 5.52 Å². The fourth-order valence-corrected chi connectivity index (χ4v) is 1.15. The standard InChI is InChI=1S/C9H9NO.CO2/c1-6-3-4-9-8(5-6)10-7(2)11-9;2-1-3/h3-5H,1-2H3;. The van der Waals surface area contributed by atoms with Crippen molar-refractivity contribution >= 4 is 17.3 Å². The van der Waals surface area contributed by atoms with Crippen LogP contribution in [0.2, 0.25) is 0 Å². The van der Waals surface area contributed by atoms with E-state index in [1.54, 1.807) is 0 Å². The van der Waals surface area contributed by atoms with Crippen LogP contribution in [-0.4, -0.2) is 11.1 Å². The quantitative estimate of drug-likeness (QED) is 0.637. The van der Waals surface area contributed by atoms with E-state index in [4.69, 9.17) is 14.0 Å². The van der Waals surface area contributed by atoms with Crippen molar-refractivity contribution in [2.24, 2.45) is 0 Å². The van der Waals surface area contributed by atoms with Crippen LogP contribution in [-0.2, 0) is 9.59 Å². The lowest BCUT2D eigenvalue weighted by Gasteiger charge is -1.87. The number of rotatable bonds is 0. The number of aromatic nitrogens is 1. The summed E-state index contributed by atoms with van der Waals surface area (Å²) >= 11 is 0. The second-order valence-electron chi connectivity index (χ2n) is 2.79. The number of carbonyl (C=O) groups excluding carboxylic acids is 2. The Morgan fingerprint density at radius 3 is 2.57 bits per heavy atom. The van der Waals surface area contributed by atoms with Crippen LogP contribution in [0.4, 0.5) is 0 Å². The minimum absolute atomic E-state index is 0.250. The third-order valence-electron chi connectivity index (χ3n) is 1.65. The van der Waals surface area contributed by atoms with Crippen molar-refractivity contribution in [3.63, 3.8) is 0 Å². The van der Waals surface area contributed by atoms with Crippen LogP contribution < -0.4 is 0 Å². The molecule has 0 aliphatic carbocycles. The lowest BCUT2D eigenvalue weighted by atomic mass is 10.2. The molecule has 14 heavy (non-hydrogen) atoms. The van der Waals surface area contributed by atoms with Gasteiger partial charge in [0.15, 0.2) is 11.5 Å². The summed E-state index contributed by atoms with van der Waals surface area (Å²) in [6.45, 7) is 3.90. The Morgan fingerprint density at radius 1 is 1.29 bits per heavy atom. The van der Waals surface area contributed by atoms with Crippen molar-refractivity contribution in [2.45, 2.75) is 13.8 Å². The second-order valence-corrected chi connectivity index (χ2v) is 2.79. The number of hydrogen-bond donors (Lipinski definition) is 0. The molecular formula is C10H9NO3. The van der Waals surface area contributed by atoms with Gasteiger partial charge in [0.05, 0.1) is 0 Å². The van der Waals surface area contributed by atoms with Gasteiger partial charge in [-0.3, -0.25) is 0 Å². The van der Waals surface area contributed by atoms with E-state index >= 15 is 0 Å². The molecule has 0 spiro atoms. The molecule has 1 aromatic carbocycles. The van der Waals surface area contributed by atoms with E-state index in [0.29, 0.717) is 0 Å². The summed E-state index contributed by atoms with van der Waals surface area (Å²) in [4.78, 5) is 20.5. The molecule has 0 unspecified atom stereocenters. The van der Waals surface area contributed by atoms with E-state index in [-0.39, 0.29) is 6.15 Å². The van der Waals surface area contributed by atoms with Crippen molar-refractivity contribution in [3.8, 4) is 0 Å². The number of aryl methyl sites for hydroxylation is 2. The average Bonchev–Trinajstić information content (AvgIpc) is 2.45. The van der Waals surface area contributed by atoms with Gasteiger partial charge in [0.25, 0.3) is 0 Å². The highest BCUT2D eigenvalue weighted by Gasteiger charge is 1.99. The summed E-state index contributed by atoms with van der Waals surface area (Å²) in [6, 6.07) is 5.99. The van der Waals surface area contributed by atoms with Crippen molar-refractivity contribution in [2.75, 3.05) is 0 Å². The van der Waals surface area contributed by atoms with Crippen molar-refractivity contribution in [3.05, 3.63) is 29.7 Å². The molecular weight excluding hydrogens is 182 g/mol. The zero-order valence-electron chi connectivity index (χ0n) is 7.90. The fraction of sp³-hybridized carbons (Fsp3) is 0.200. The Morgan fingerprint density at radius 2 is 1.93 bits per heavy atom. The predicted molar refractivity (Wildman–Crippen MR) is 48.5 cm³/mol. The number of nitrogens with zero attached hydrogens (tertiary/aromatic N) is 1. The minimum Gasteiger partial charge on any atom is -0.441 e. The van der Waals surface area contributed by atoms with E-state index in [0.717, 1.165) is 17.0 Å². The highest BCUT2D eigenvalue weighted by Crippen LogP contribution is 2.15. The van der Waals surface area contributed by atoms with Gasteiger partial charge in [0.2, 0.25) is 0 Å². The van der Waals surface area contributed by atoms with Gasteiger partial charge < -0.3 is 4.42 Å². The Balaban J connectivity index is 0.000000293. The van der Waals surface area contributed by atoms with Crippen LogP contribution in [0, 0.1) is 13.8 Å². The van der Waals surface area contributed by atoms with Gasteiger partial charge in [-0.15, -0.1) is 0 Å². The molecule has 2 aromatic rings. The first kappa shape index (κ1) is 10.2. The first-order valence-corrected chi connectivity index (χ1v) is 4.00. The van der Waals surface area contributed by atoms with Crippen LogP contribution in [0.15, 0.2) is 22.6 Å². The van der Waals surface area contributed by atoms with Crippen molar-refractivity contribution < 1.29 is 14.0 Å². The highest BCUT2D eigenvalue weighted by atomic mass is 16.3. The van der Waals surface area contributed by atoms with E-state index in [1.807, 2.05) is 32.0 Å². The molecule has 4 heteroatoms. The van der Waals surface area contributed by atoms with E-state index in [2.05, 4.69) is 4.98 Å². The summed E-state index contributed by atoms with van der Waals surface area (Å²) in [5, 5.41) is 0. The zero-order valence-corrected chi connectivity index (χ0v) is 7.90. The first-order chi connectivity index (χ1) is 6.67. The third-order valence-corrected chi connectivity index (χ3v) is 1.65. The Bertz CT molecular complexity index is 467. The molecule has 0 amide bonds. The summed E-state index contributed by atoms with van der Waals surface area (Å²) in [6.07, 6.45) is 0.250.